The molecule has 0 unspecified atom stereocenters. The molecule has 0 radical (unpaired) electrons. The average molecular weight is 254 g/mol. The Hall–Kier alpha value is -2.10. The van der Waals surface area contributed by atoms with Crippen LogP contribution < -0.4 is 0 Å². The van der Waals surface area contributed by atoms with Crippen LogP contribution >= 0.6 is 0 Å². The molecule has 3 aromatic heterocycles. The number of aryl methyl sites for hydroxylation is 3. The van der Waals surface area contributed by atoms with Gasteiger partial charge in [0.05, 0.1) is 6.33 Å². The standard InChI is InChI=1S/C8H8N2.C7H10N2/c1-7-6-9-8-4-2-3-5-10(7)8;1-2-4-9-6-8-5-7(9)3-1/h2-6H,1H3;5-6H,1-4H2. The van der Waals surface area contributed by atoms with E-state index in [-0.39, 0.29) is 0 Å². The summed E-state index contributed by atoms with van der Waals surface area (Å²) < 4.78 is 4.30. The Morgan fingerprint density at radius 1 is 1.16 bits per heavy atom. The second-order valence-electron chi connectivity index (χ2n) is 4.86. The van der Waals surface area contributed by atoms with Crippen molar-refractivity contribution in [1.82, 2.24) is 18.9 Å². The van der Waals surface area contributed by atoms with Gasteiger partial charge in [0.15, 0.2) is 0 Å². The minimum Gasteiger partial charge on any atom is -0.335 e. The minimum atomic E-state index is 1.01. The molecule has 19 heavy (non-hydrogen) atoms. The van der Waals surface area contributed by atoms with Crippen molar-refractivity contribution < 1.29 is 0 Å². The minimum absolute atomic E-state index is 1.01. The highest BCUT2D eigenvalue weighted by molar-refractivity contribution is 5.39. The quantitative estimate of drug-likeness (QED) is 0.618. The number of aromatic nitrogens is 4. The molecule has 0 amide bonds. The molecule has 98 valence electrons. The Bertz CT molecular complexity index is 645. The van der Waals surface area contributed by atoms with Crippen molar-refractivity contribution in [2.24, 2.45) is 0 Å². The predicted octanol–water partition coefficient (Wildman–Crippen LogP) is 2.86. The van der Waals surface area contributed by atoms with Crippen LogP contribution in [0.5, 0.6) is 0 Å². The molecule has 4 nitrogen and oxygen atoms in total. The Kier molecular flexibility index (Phi) is 3.31. The van der Waals surface area contributed by atoms with Gasteiger partial charge in [-0.15, -0.1) is 0 Å². The first kappa shape index (κ1) is 12.0. The lowest BCUT2D eigenvalue weighted by atomic mass is 10.1. The third kappa shape index (κ3) is 2.52. The van der Waals surface area contributed by atoms with Crippen LogP contribution in [0, 0.1) is 6.92 Å². The first-order chi connectivity index (χ1) is 9.34. The summed E-state index contributed by atoms with van der Waals surface area (Å²) in [7, 11) is 0. The van der Waals surface area contributed by atoms with Gasteiger partial charge < -0.3 is 8.97 Å². The van der Waals surface area contributed by atoms with E-state index in [1.165, 1.54) is 37.2 Å². The fourth-order valence-electron chi connectivity index (χ4n) is 2.41. The van der Waals surface area contributed by atoms with E-state index in [9.17, 15) is 0 Å². The molecule has 4 rings (SSSR count). The summed E-state index contributed by atoms with van der Waals surface area (Å²) in [5, 5.41) is 0. The van der Waals surface area contributed by atoms with E-state index in [1.54, 1.807) is 0 Å². The highest BCUT2D eigenvalue weighted by Gasteiger charge is 2.05. The van der Waals surface area contributed by atoms with Crippen LogP contribution in [0.3, 0.4) is 0 Å². The largest absolute Gasteiger partial charge is 0.335 e. The van der Waals surface area contributed by atoms with E-state index in [1.807, 2.05) is 50.0 Å². The van der Waals surface area contributed by atoms with Crippen molar-refractivity contribution in [3.8, 4) is 0 Å². The number of imidazole rings is 2. The fraction of sp³-hybridized carbons (Fsp3) is 0.333. The van der Waals surface area contributed by atoms with E-state index in [2.05, 4.69) is 18.9 Å². The molecule has 0 aliphatic carbocycles. The fourth-order valence-corrected chi connectivity index (χ4v) is 2.41. The van der Waals surface area contributed by atoms with Crippen LogP contribution in [0.4, 0.5) is 0 Å². The van der Waals surface area contributed by atoms with E-state index in [0.29, 0.717) is 0 Å². The topological polar surface area (TPSA) is 35.1 Å². The van der Waals surface area contributed by atoms with Crippen LogP contribution in [-0.2, 0) is 13.0 Å². The smallest absolute Gasteiger partial charge is 0.136 e. The molecule has 0 saturated heterocycles. The van der Waals surface area contributed by atoms with Gasteiger partial charge in [0.1, 0.15) is 5.65 Å². The molecular formula is C15H18N4. The van der Waals surface area contributed by atoms with Gasteiger partial charge in [-0.1, -0.05) is 6.07 Å². The molecule has 0 N–H and O–H groups in total. The summed E-state index contributed by atoms with van der Waals surface area (Å²) >= 11 is 0. The SMILES string of the molecule is Cc1cnc2ccccn12.c1ncn2c1CCCC2. The third-order valence-electron chi connectivity index (χ3n) is 3.48. The molecule has 0 aromatic carbocycles. The van der Waals surface area contributed by atoms with Crippen molar-refractivity contribution in [2.45, 2.75) is 32.7 Å². The molecule has 0 saturated carbocycles. The Morgan fingerprint density at radius 2 is 2.11 bits per heavy atom. The Morgan fingerprint density at radius 3 is 2.95 bits per heavy atom. The first-order valence-electron chi connectivity index (χ1n) is 6.72. The number of pyridine rings is 1. The molecule has 1 aliphatic rings. The van der Waals surface area contributed by atoms with Gasteiger partial charge in [0.2, 0.25) is 0 Å². The zero-order valence-electron chi connectivity index (χ0n) is 11.2. The zero-order valence-corrected chi connectivity index (χ0v) is 11.2. The zero-order chi connectivity index (χ0) is 13.1. The molecule has 4 heterocycles. The predicted molar refractivity (Wildman–Crippen MR) is 75.1 cm³/mol. The van der Waals surface area contributed by atoms with Gasteiger partial charge in [0.25, 0.3) is 0 Å². The highest BCUT2D eigenvalue weighted by Crippen LogP contribution is 2.12. The van der Waals surface area contributed by atoms with Gasteiger partial charge in [-0.2, -0.15) is 0 Å². The van der Waals surface area contributed by atoms with Gasteiger partial charge in [-0.3, -0.25) is 0 Å². The molecule has 4 heteroatoms. The maximum Gasteiger partial charge on any atom is 0.136 e. The van der Waals surface area contributed by atoms with Crippen LogP contribution in [0.2, 0.25) is 0 Å². The highest BCUT2D eigenvalue weighted by atomic mass is 15.0. The molecule has 3 aromatic rings. The molecular weight excluding hydrogens is 236 g/mol. The molecule has 0 bridgehead atoms. The summed E-state index contributed by atoms with van der Waals surface area (Å²) in [5.74, 6) is 0. The lowest BCUT2D eigenvalue weighted by molar-refractivity contribution is 0.532. The van der Waals surface area contributed by atoms with E-state index >= 15 is 0 Å². The van der Waals surface area contributed by atoms with Gasteiger partial charge in [-0.05, 0) is 38.3 Å². The second kappa shape index (κ2) is 5.26. The summed E-state index contributed by atoms with van der Waals surface area (Å²) in [6.07, 6.45) is 11.7. The lowest BCUT2D eigenvalue weighted by Crippen LogP contribution is -2.07. The maximum absolute atomic E-state index is 4.18. The summed E-state index contributed by atoms with van der Waals surface area (Å²) in [6, 6.07) is 5.98. The van der Waals surface area contributed by atoms with Crippen molar-refractivity contribution in [3.63, 3.8) is 0 Å². The van der Waals surface area contributed by atoms with E-state index < -0.39 is 0 Å². The lowest BCUT2D eigenvalue weighted by Gasteiger charge is -2.12. The van der Waals surface area contributed by atoms with Crippen molar-refractivity contribution >= 4 is 5.65 Å². The van der Waals surface area contributed by atoms with Crippen molar-refractivity contribution in [3.05, 3.63) is 54.5 Å². The molecule has 0 atom stereocenters. The number of nitrogens with zero attached hydrogens (tertiary/aromatic N) is 4. The average Bonchev–Trinajstić information content (AvgIpc) is 3.07. The second-order valence-corrected chi connectivity index (χ2v) is 4.86. The van der Waals surface area contributed by atoms with Crippen LogP contribution in [0.25, 0.3) is 5.65 Å². The van der Waals surface area contributed by atoms with Gasteiger partial charge in [0, 0.05) is 36.5 Å². The van der Waals surface area contributed by atoms with Crippen molar-refractivity contribution in [1.29, 1.82) is 0 Å². The normalized spacial score (nSPS) is 13.7. The molecule has 0 spiro atoms. The van der Waals surface area contributed by atoms with E-state index in [4.69, 9.17) is 0 Å². The Labute approximate surface area is 112 Å². The summed E-state index contributed by atoms with van der Waals surface area (Å²) in [4.78, 5) is 8.25. The summed E-state index contributed by atoms with van der Waals surface area (Å²) in [5.41, 5.74) is 3.59. The van der Waals surface area contributed by atoms with Gasteiger partial charge >= 0.3 is 0 Å². The van der Waals surface area contributed by atoms with Crippen LogP contribution in [-0.4, -0.2) is 18.9 Å². The molecule has 1 aliphatic heterocycles. The summed E-state index contributed by atoms with van der Waals surface area (Å²) in [6.45, 7) is 3.22. The monoisotopic (exact) mass is 254 g/mol. The van der Waals surface area contributed by atoms with E-state index in [0.717, 1.165) is 5.65 Å². The van der Waals surface area contributed by atoms with Gasteiger partial charge in [-0.25, -0.2) is 9.97 Å². The number of hydrogen-bond donors (Lipinski definition) is 0. The Balaban J connectivity index is 0.000000117. The van der Waals surface area contributed by atoms with Crippen molar-refractivity contribution in [2.75, 3.05) is 0 Å². The molecule has 0 fully saturated rings. The van der Waals surface area contributed by atoms with Crippen LogP contribution in [0.1, 0.15) is 24.2 Å². The third-order valence-corrected chi connectivity index (χ3v) is 3.48. The number of rotatable bonds is 0. The first-order valence-corrected chi connectivity index (χ1v) is 6.72. The number of hydrogen-bond acceptors (Lipinski definition) is 2. The number of fused-ring (bicyclic) bond motifs is 2. The maximum atomic E-state index is 4.18. The van der Waals surface area contributed by atoms with Crippen LogP contribution in [0.15, 0.2) is 43.1 Å².